The molecule has 0 saturated heterocycles. The number of nitrogens with zero attached hydrogens (tertiary/aromatic N) is 3. The highest BCUT2D eigenvalue weighted by molar-refractivity contribution is 5.79. The second-order valence-corrected chi connectivity index (χ2v) is 4.97. The number of hydrogen-bond acceptors (Lipinski definition) is 3. The van der Waals surface area contributed by atoms with Gasteiger partial charge in [0.15, 0.2) is 5.82 Å². The SMILES string of the molecule is CCN(CC)c1ccc(-c2ncc3ccccc3n2)cc1. The van der Waals surface area contributed by atoms with Gasteiger partial charge in [0.25, 0.3) is 0 Å². The quantitative estimate of drug-likeness (QED) is 0.717. The van der Waals surface area contributed by atoms with Crippen molar-refractivity contribution < 1.29 is 0 Å². The van der Waals surface area contributed by atoms with E-state index in [1.165, 1.54) is 5.69 Å². The second kappa shape index (κ2) is 5.92. The van der Waals surface area contributed by atoms with Crippen LogP contribution in [0.4, 0.5) is 5.69 Å². The van der Waals surface area contributed by atoms with Crippen molar-refractivity contribution in [3.8, 4) is 11.4 Å². The smallest absolute Gasteiger partial charge is 0.159 e. The van der Waals surface area contributed by atoms with Crippen molar-refractivity contribution in [2.24, 2.45) is 0 Å². The van der Waals surface area contributed by atoms with E-state index in [-0.39, 0.29) is 0 Å². The third-order valence-electron chi connectivity index (χ3n) is 3.74. The van der Waals surface area contributed by atoms with Crippen LogP contribution in [0.15, 0.2) is 54.7 Å². The highest BCUT2D eigenvalue weighted by atomic mass is 15.1. The van der Waals surface area contributed by atoms with Crippen molar-refractivity contribution in [2.45, 2.75) is 13.8 Å². The predicted octanol–water partition coefficient (Wildman–Crippen LogP) is 4.14. The third kappa shape index (κ3) is 2.72. The van der Waals surface area contributed by atoms with Crippen LogP contribution in [0.25, 0.3) is 22.3 Å². The normalized spacial score (nSPS) is 10.8. The van der Waals surface area contributed by atoms with Crippen LogP contribution in [0.2, 0.25) is 0 Å². The molecule has 0 aliphatic carbocycles. The lowest BCUT2D eigenvalue weighted by molar-refractivity contribution is 0.866. The Morgan fingerprint density at radius 2 is 1.62 bits per heavy atom. The Morgan fingerprint density at radius 1 is 0.905 bits per heavy atom. The summed E-state index contributed by atoms with van der Waals surface area (Å²) in [5, 5.41) is 1.07. The minimum absolute atomic E-state index is 0.778. The number of fused-ring (bicyclic) bond motifs is 1. The zero-order valence-electron chi connectivity index (χ0n) is 12.5. The molecule has 0 bridgehead atoms. The molecule has 0 atom stereocenters. The molecule has 1 heterocycles. The molecule has 0 saturated carbocycles. The molecular weight excluding hydrogens is 258 g/mol. The number of aromatic nitrogens is 2. The molecule has 3 nitrogen and oxygen atoms in total. The summed E-state index contributed by atoms with van der Waals surface area (Å²) in [5.74, 6) is 0.778. The molecule has 3 aromatic rings. The molecule has 0 unspecified atom stereocenters. The summed E-state index contributed by atoms with van der Waals surface area (Å²) in [6, 6.07) is 16.5. The summed E-state index contributed by atoms with van der Waals surface area (Å²) < 4.78 is 0. The van der Waals surface area contributed by atoms with Crippen LogP contribution < -0.4 is 4.90 Å². The summed E-state index contributed by atoms with van der Waals surface area (Å²) in [5.41, 5.74) is 3.27. The van der Waals surface area contributed by atoms with Crippen LogP contribution >= 0.6 is 0 Å². The van der Waals surface area contributed by atoms with Crippen molar-refractivity contribution in [3.63, 3.8) is 0 Å². The van der Waals surface area contributed by atoms with Gasteiger partial charge in [-0.15, -0.1) is 0 Å². The van der Waals surface area contributed by atoms with Crippen LogP contribution in [0.3, 0.4) is 0 Å². The van der Waals surface area contributed by atoms with Gasteiger partial charge in [-0.3, -0.25) is 0 Å². The average Bonchev–Trinajstić information content (AvgIpc) is 2.56. The van der Waals surface area contributed by atoms with E-state index in [1.54, 1.807) is 0 Å². The topological polar surface area (TPSA) is 29.0 Å². The first-order valence-electron chi connectivity index (χ1n) is 7.39. The highest BCUT2D eigenvalue weighted by Gasteiger charge is 2.05. The Bertz CT molecular complexity index is 731. The molecule has 0 N–H and O–H groups in total. The molecule has 3 heteroatoms. The Balaban J connectivity index is 1.95. The molecule has 0 aliphatic heterocycles. The van der Waals surface area contributed by atoms with Crippen molar-refractivity contribution in [1.82, 2.24) is 9.97 Å². The monoisotopic (exact) mass is 277 g/mol. The van der Waals surface area contributed by atoms with E-state index < -0.39 is 0 Å². The first-order chi connectivity index (χ1) is 10.3. The highest BCUT2D eigenvalue weighted by Crippen LogP contribution is 2.22. The van der Waals surface area contributed by atoms with E-state index in [1.807, 2.05) is 30.5 Å². The molecule has 2 aromatic carbocycles. The van der Waals surface area contributed by atoms with E-state index >= 15 is 0 Å². The van der Waals surface area contributed by atoms with E-state index in [0.29, 0.717) is 0 Å². The fourth-order valence-corrected chi connectivity index (χ4v) is 2.52. The van der Waals surface area contributed by atoms with Gasteiger partial charge >= 0.3 is 0 Å². The van der Waals surface area contributed by atoms with Gasteiger partial charge in [-0.05, 0) is 44.2 Å². The standard InChI is InChI=1S/C18H19N3/c1-3-21(4-2)16-11-9-14(10-12-16)18-19-13-15-7-5-6-8-17(15)20-18/h5-13H,3-4H2,1-2H3. The number of hydrogen-bond donors (Lipinski definition) is 0. The lowest BCUT2D eigenvalue weighted by Crippen LogP contribution is -2.21. The van der Waals surface area contributed by atoms with E-state index in [2.05, 4.69) is 53.0 Å². The van der Waals surface area contributed by atoms with Crippen LogP contribution in [0, 0.1) is 0 Å². The fourth-order valence-electron chi connectivity index (χ4n) is 2.52. The Hall–Kier alpha value is -2.42. The van der Waals surface area contributed by atoms with Gasteiger partial charge in [-0.25, -0.2) is 9.97 Å². The van der Waals surface area contributed by atoms with Crippen LogP contribution in [0.1, 0.15) is 13.8 Å². The summed E-state index contributed by atoms with van der Waals surface area (Å²) >= 11 is 0. The maximum Gasteiger partial charge on any atom is 0.159 e. The molecule has 3 rings (SSSR count). The molecule has 0 spiro atoms. The third-order valence-corrected chi connectivity index (χ3v) is 3.74. The van der Waals surface area contributed by atoms with Gasteiger partial charge in [0, 0.05) is 35.9 Å². The van der Waals surface area contributed by atoms with E-state index in [4.69, 9.17) is 0 Å². The summed E-state index contributed by atoms with van der Waals surface area (Å²) in [4.78, 5) is 11.4. The van der Waals surface area contributed by atoms with E-state index in [9.17, 15) is 0 Å². The first-order valence-corrected chi connectivity index (χ1v) is 7.39. The largest absolute Gasteiger partial charge is 0.372 e. The Morgan fingerprint density at radius 3 is 2.33 bits per heavy atom. The molecule has 21 heavy (non-hydrogen) atoms. The first kappa shape index (κ1) is 13.6. The number of rotatable bonds is 4. The van der Waals surface area contributed by atoms with Crippen molar-refractivity contribution in [3.05, 3.63) is 54.7 Å². The minimum atomic E-state index is 0.778. The van der Waals surface area contributed by atoms with Crippen LogP contribution in [-0.4, -0.2) is 23.1 Å². The maximum atomic E-state index is 4.64. The zero-order valence-corrected chi connectivity index (χ0v) is 12.5. The summed E-state index contributed by atoms with van der Waals surface area (Å²) in [7, 11) is 0. The van der Waals surface area contributed by atoms with Crippen molar-refractivity contribution >= 4 is 16.6 Å². The molecule has 0 fully saturated rings. The summed E-state index contributed by atoms with van der Waals surface area (Å²) in [6.07, 6.45) is 1.88. The Kier molecular flexibility index (Phi) is 3.82. The van der Waals surface area contributed by atoms with Crippen LogP contribution in [0.5, 0.6) is 0 Å². The zero-order chi connectivity index (χ0) is 14.7. The van der Waals surface area contributed by atoms with Crippen molar-refractivity contribution in [1.29, 1.82) is 0 Å². The minimum Gasteiger partial charge on any atom is -0.372 e. The second-order valence-electron chi connectivity index (χ2n) is 4.97. The Labute approximate surface area is 125 Å². The predicted molar refractivity (Wildman–Crippen MR) is 88.5 cm³/mol. The van der Waals surface area contributed by atoms with Gasteiger partial charge in [-0.1, -0.05) is 18.2 Å². The van der Waals surface area contributed by atoms with Gasteiger partial charge < -0.3 is 4.90 Å². The molecule has 106 valence electrons. The molecule has 0 radical (unpaired) electrons. The molecular formula is C18H19N3. The molecule has 0 amide bonds. The maximum absolute atomic E-state index is 4.64. The molecule has 1 aromatic heterocycles. The van der Waals surface area contributed by atoms with Gasteiger partial charge in [-0.2, -0.15) is 0 Å². The lowest BCUT2D eigenvalue weighted by Gasteiger charge is -2.21. The average molecular weight is 277 g/mol. The molecule has 0 aliphatic rings. The lowest BCUT2D eigenvalue weighted by atomic mass is 10.1. The van der Waals surface area contributed by atoms with Crippen LogP contribution in [-0.2, 0) is 0 Å². The number of benzene rings is 2. The number of anilines is 1. The van der Waals surface area contributed by atoms with Gasteiger partial charge in [0.05, 0.1) is 5.52 Å². The van der Waals surface area contributed by atoms with Crippen molar-refractivity contribution in [2.75, 3.05) is 18.0 Å². The van der Waals surface area contributed by atoms with E-state index in [0.717, 1.165) is 35.4 Å². The summed E-state index contributed by atoms with van der Waals surface area (Å²) in [6.45, 7) is 6.37. The number of para-hydroxylation sites is 1. The van der Waals surface area contributed by atoms with Gasteiger partial charge in [0.1, 0.15) is 0 Å². The van der Waals surface area contributed by atoms with Gasteiger partial charge in [0.2, 0.25) is 0 Å². The fraction of sp³-hybridized carbons (Fsp3) is 0.222.